The van der Waals surface area contributed by atoms with Gasteiger partial charge in [0.2, 0.25) is 0 Å². The molecule has 4 nitrogen and oxygen atoms in total. The lowest BCUT2D eigenvalue weighted by Crippen LogP contribution is -2.61. The summed E-state index contributed by atoms with van der Waals surface area (Å²) in [6, 6.07) is 0. The lowest BCUT2D eigenvalue weighted by atomic mass is 9.55. The van der Waals surface area contributed by atoms with Crippen molar-refractivity contribution in [2.75, 3.05) is 0 Å². The third-order valence-corrected chi connectivity index (χ3v) is 3.57. The van der Waals surface area contributed by atoms with Gasteiger partial charge in [-0.3, -0.25) is 9.59 Å². The van der Waals surface area contributed by atoms with Crippen LogP contribution < -0.4 is 0 Å². The van der Waals surface area contributed by atoms with Crippen LogP contribution in [0.3, 0.4) is 0 Å². The molecule has 13 heavy (non-hydrogen) atoms. The molecule has 3 atom stereocenters. The molecule has 0 aliphatic heterocycles. The van der Waals surface area contributed by atoms with E-state index in [2.05, 4.69) is 0 Å². The Balaban J connectivity index is 2.91. The lowest BCUT2D eigenvalue weighted by Gasteiger charge is -2.51. The Kier molecular flexibility index (Phi) is 2.28. The van der Waals surface area contributed by atoms with Crippen LogP contribution in [0.25, 0.3) is 0 Å². The molecule has 0 aromatic carbocycles. The van der Waals surface area contributed by atoms with Crippen molar-refractivity contribution < 1.29 is 19.8 Å². The molecule has 0 spiro atoms. The van der Waals surface area contributed by atoms with Crippen LogP contribution in [-0.2, 0) is 9.59 Å². The predicted octanol–water partition coefficient (Wildman–Crippen LogP) is 1.04. The molecule has 1 fully saturated rings. The first-order valence-corrected chi connectivity index (χ1v) is 4.33. The zero-order valence-electron chi connectivity index (χ0n) is 7.32. The molecule has 5 heteroatoms. The first-order valence-electron chi connectivity index (χ1n) is 3.90. The maximum atomic E-state index is 10.7. The van der Waals surface area contributed by atoms with Gasteiger partial charge in [-0.15, -0.1) is 11.6 Å². The Morgan fingerprint density at radius 3 is 1.92 bits per heavy atom. The number of carboxylic acid groups (broad SMARTS) is 2. The normalized spacial score (nSPS) is 36.4. The highest BCUT2D eigenvalue weighted by molar-refractivity contribution is 6.24. The average Bonchev–Trinajstić information content (AvgIpc) is 1.96. The number of carboxylic acids is 2. The summed E-state index contributed by atoms with van der Waals surface area (Å²) in [5.41, 5.74) is -0.642. The second-order valence-electron chi connectivity index (χ2n) is 3.90. The van der Waals surface area contributed by atoms with Crippen LogP contribution in [0.1, 0.15) is 13.8 Å². The van der Waals surface area contributed by atoms with Crippen molar-refractivity contribution in [2.45, 2.75) is 19.2 Å². The molecule has 0 bridgehead atoms. The lowest BCUT2D eigenvalue weighted by molar-refractivity contribution is -0.172. The molecule has 1 aliphatic carbocycles. The molecule has 1 rings (SSSR count). The minimum Gasteiger partial charge on any atom is -0.481 e. The molecule has 0 radical (unpaired) electrons. The van der Waals surface area contributed by atoms with Crippen molar-refractivity contribution >= 4 is 23.5 Å². The Hall–Kier alpha value is -0.770. The van der Waals surface area contributed by atoms with E-state index in [0.29, 0.717) is 0 Å². The van der Waals surface area contributed by atoms with Crippen LogP contribution in [0.15, 0.2) is 0 Å². The van der Waals surface area contributed by atoms with Gasteiger partial charge in [0.25, 0.3) is 0 Å². The van der Waals surface area contributed by atoms with Gasteiger partial charge in [0.1, 0.15) is 0 Å². The van der Waals surface area contributed by atoms with Gasteiger partial charge in [0, 0.05) is 0 Å². The van der Waals surface area contributed by atoms with E-state index in [0.717, 1.165) is 0 Å². The summed E-state index contributed by atoms with van der Waals surface area (Å²) in [7, 11) is 0. The number of hydrogen-bond donors (Lipinski definition) is 2. The summed E-state index contributed by atoms with van der Waals surface area (Å²) in [6.07, 6.45) is 0. The van der Waals surface area contributed by atoms with Crippen LogP contribution in [0.5, 0.6) is 0 Å². The van der Waals surface area contributed by atoms with E-state index in [1.54, 1.807) is 13.8 Å². The summed E-state index contributed by atoms with van der Waals surface area (Å²) in [4.78, 5) is 21.4. The third kappa shape index (κ3) is 1.29. The van der Waals surface area contributed by atoms with E-state index < -0.39 is 34.6 Å². The van der Waals surface area contributed by atoms with Gasteiger partial charge < -0.3 is 10.2 Å². The van der Waals surface area contributed by atoms with Gasteiger partial charge in [-0.05, 0) is 5.41 Å². The van der Waals surface area contributed by atoms with Crippen molar-refractivity contribution in [1.29, 1.82) is 0 Å². The van der Waals surface area contributed by atoms with Crippen molar-refractivity contribution in [2.24, 2.45) is 17.3 Å². The Morgan fingerprint density at radius 1 is 1.23 bits per heavy atom. The van der Waals surface area contributed by atoms with Crippen LogP contribution in [0.2, 0.25) is 0 Å². The Morgan fingerprint density at radius 2 is 1.69 bits per heavy atom. The van der Waals surface area contributed by atoms with Gasteiger partial charge in [0.05, 0.1) is 17.2 Å². The zero-order chi connectivity index (χ0) is 10.4. The molecule has 2 N–H and O–H groups in total. The number of rotatable bonds is 2. The molecular weight excluding hydrogens is 196 g/mol. The summed E-state index contributed by atoms with van der Waals surface area (Å²) in [5, 5.41) is 16.9. The van der Waals surface area contributed by atoms with E-state index in [1.165, 1.54) is 0 Å². The van der Waals surface area contributed by atoms with Crippen LogP contribution >= 0.6 is 11.6 Å². The van der Waals surface area contributed by atoms with E-state index in [4.69, 9.17) is 21.8 Å². The number of aliphatic carboxylic acids is 2. The summed E-state index contributed by atoms with van der Waals surface area (Å²) < 4.78 is 0. The fraction of sp³-hybridized carbons (Fsp3) is 0.750. The largest absolute Gasteiger partial charge is 0.481 e. The molecule has 0 heterocycles. The molecule has 0 aromatic rings. The first kappa shape index (κ1) is 10.3. The number of halogens is 1. The van der Waals surface area contributed by atoms with Crippen LogP contribution in [0, 0.1) is 17.3 Å². The molecule has 3 unspecified atom stereocenters. The van der Waals surface area contributed by atoms with Crippen LogP contribution in [-0.4, -0.2) is 27.5 Å². The molecule has 1 aliphatic rings. The highest BCUT2D eigenvalue weighted by atomic mass is 35.5. The maximum absolute atomic E-state index is 10.7. The standard InChI is InChI=1S/C8H11ClO4/c1-8(2)4(7(12)13)3(5(8)9)6(10)11/h3-5H,1-2H3,(H,10,11)(H,12,13). The van der Waals surface area contributed by atoms with Crippen LogP contribution in [0.4, 0.5) is 0 Å². The number of carbonyl (C=O) groups is 2. The van der Waals surface area contributed by atoms with Crippen molar-refractivity contribution in [3.8, 4) is 0 Å². The molecule has 0 amide bonds. The fourth-order valence-electron chi connectivity index (χ4n) is 1.89. The first-order chi connectivity index (χ1) is 5.80. The Labute approximate surface area is 80.5 Å². The van der Waals surface area contributed by atoms with Gasteiger partial charge in [-0.25, -0.2) is 0 Å². The average molecular weight is 207 g/mol. The molecule has 0 saturated heterocycles. The smallest absolute Gasteiger partial charge is 0.308 e. The van der Waals surface area contributed by atoms with E-state index >= 15 is 0 Å². The van der Waals surface area contributed by atoms with Gasteiger partial charge >= 0.3 is 11.9 Å². The topological polar surface area (TPSA) is 74.6 Å². The monoisotopic (exact) mass is 206 g/mol. The summed E-state index contributed by atoms with van der Waals surface area (Å²) in [6.45, 7) is 3.34. The molecular formula is C8H11ClO4. The molecule has 0 aromatic heterocycles. The van der Waals surface area contributed by atoms with E-state index in [9.17, 15) is 9.59 Å². The second-order valence-corrected chi connectivity index (χ2v) is 4.37. The minimum absolute atomic E-state index is 0.605. The van der Waals surface area contributed by atoms with Crippen molar-refractivity contribution in [1.82, 2.24) is 0 Å². The number of alkyl halides is 1. The zero-order valence-corrected chi connectivity index (χ0v) is 8.08. The Bertz CT molecular complexity index is 261. The minimum atomic E-state index is -1.13. The van der Waals surface area contributed by atoms with Crippen molar-refractivity contribution in [3.05, 3.63) is 0 Å². The highest BCUT2D eigenvalue weighted by Gasteiger charge is 2.62. The SMILES string of the molecule is CC1(C)C(Cl)C(C(=O)O)C1C(=O)O. The molecule has 74 valence electrons. The van der Waals surface area contributed by atoms with Gasteiger partial charge in [0.15, 0.2) is 0 Å². The maximum Gasteiger partial charge on any atom is 0.308 e. The summed E-state index contributed by atoms with van der Waals surface area (Å²) in [5.74, 6) is -4.07. The quantitative estimate of drug-likeness (QED) is 0.662. The second kappa shape index (κ2) is 2.87. The fourth-order valence-corrected chi connectivity index (χ4v) is 2.28. The van der Waals surface area contributed by atoms with Crippen molar-refractivity contribution in [3.63, 3.8) is 0 Å². The number of hydrogen-bond acceptors (Lipinski definition) is 2. The predicted molar refractivity (Wildman–Crippen MR) is 45.7 cm³/mol. The van der Waals surface area contributed by atoms with Gasteiger partial charge in [-0.2, -0.15) is 0 Å². The molecule has 1 saturated carbocycles. The third-order valence-electron chi connectivity index (χ3n) is 2.74. The van der Waals surface area contributed by atoms with E-state index in [-0.39, 0.29) is 0 Å². The van der Waals surface area contributed by atoms with Gasteiger partial charge in [-0.1, -0.05) is 13.8 Å². The van der Waals surface area contributed by atoms with E-state index in [1.807, 2.05) is 0 Å². The summed E-state index contributed by atoms with van der Waals surface area (Å²) >= 11 is 5.80. The highest BCUT2D eigenvalue weighted by Crippen LogP contribution is 2.54.